The molecule has 0 fully saturated rings. The highest BCUT2D eigenvalue weighted by atomic mass is 16.5. The second-order valence-corrected chi connectivity index (χ2v) is 5.74. The maximum atomic E-state index is 11.4. The molecular formula is C20H19N3O3. The number of aliphatic carboxylic acids is 1. The first kappa shape index (κ1) is 17.4. The number of methoxy groups -OCH3 is 1. The predicted molar refractivity (Wildman–Crippen MR) is 99.3 cm³/mol. The summed E-state index contributed by atoms with van der Waals surface area (Å²) in [7, 11) is 1.62. The highest BCUT2D eigenvalue weighted by Gasteiger charge is 2.22. The van der Waals surface area contributed by atoms with E-state index < -0.39 is 11.9 Å². The Labute approximate surface area is 151 Å². The van der Waals surface area contributed by atoms with Gasteiger partial charge in [-0.3, -0.25) is 4.79 Å². The van der Waals surface area contributed by atoms with Gasteiger partial charge in [-0.05, 0) is 42.8 Å². The molecule has 3 rings (SSSR count). The summed E-state index contributed by atoms with van der Waals surface area (Å²) in [6.07, 6.45) is 3.64. The van der Waals surface area contributed by atoms with Gasteiger partial charge in [-0.15, -0.1) is 5.10 Å². The van der Waals surface area contributed by atoms with Crippen LogP contribution >= 0.6 is 0 Å². The number of para-hydroxylation sites is 1. The van der Waals surface area contributed by atoms with Crippen molar-refractivity contribution >= 4 is 18.1 Å². The van der Waals surface area contributed by atoms with Crippen LogP contribution in [0.1, 0.15) is 30.1 Å². The van der Waals surface area contributed by atoms with Gasteiger partial charge >= 0.3 is 5.97 Å². The van der Waals surface area contributed by atoms with Gasteiger partial charge in [-0.2, -0.15) is 0 Å². The number of rotatable bonds is 6. The smallest absolute Gasteiger partial charge is 0.313 e. The van der Waals surface area contributed by atoms with Crippen LogP contribution in [0.5, 0.6) is 5.75 Å². The fraction of sp³-hybridized carbons (Fsp3) is 0.150. The second kappa shape index (κ2) is 7.65. The molecule has 1 unspecified atom stereocenters. The Kier molecular flexibility index (Phi) is 5.12. The van der Waals surface area contributed by atoms with E-state index in [0.29, 0.717) is 11.6 Å². The van der Waals surface area contributed by atoms with Crippen molar-refractivity contribution in [3.8, 4) is 11.4 Å². The molecule has 1 atom stereocenters. The Morgan fingerprint density at radius 1 is 1.12 bits per heavy atom. The van der Waals surface area contributed by atoms with E-state index in [1.807, 2.05) is 60.7 Å². The summed E-state index contributed by atoms with van der Waals surface area (Å²) in [4.78, 5) is 15.8. The van der Waals surface area contributed by atoms with Gasteiger partial charge in [0.1, 0.15) is 17.5 Å². The molecule has 3 aromatic rings. The topological polar surface area (TPSA) is 77.2 Å². The van der Waals surface area contributed by atoms with Crippen LogP contribution in [0, 0.1) is 0 Å². The van der Waals surface area contributed by atoms with Crippen LogP contribution in [-0.4, -0.2) is 33.0 Å². The molecule has 6 heteroatoms. The zero-order valence-electron chi connectivity index (χ0n) is 14.5. The fourth-order valence-electron chi connectivity index (χ4n) is 2.45. The Morgan fingerprint density at radius 3 is 2.42 bits per heavy atom. The molecular weight excluding hydrogens is 330 g/mol. The van der Waals surface area contributed by atoms with Gasteiger partial charge in [0.15, 0.2) is 5.82 Å². The summed E-state index contributed by atoms with van der Waals surface area (Å²) in [6.45, 7) is 1.60. The third-order valence-electron chi connectivity index (χ3n) is 3.95. The molecule has 0 aliphatic heterocycles. The molecule has 0 radical (unpaired) electrons. The molecule has 1 N–H and O–H groups in total. The standard InChI is InChI=1S/C20H19N3O3/c1-14(20(24)25)19-21-18(22-23(19)16-6-4-3-5-7-16)13-10-15-8-11-17(26-2)12-9-15/h3-14H,1-2H3,(H,24,25). The number of ether oxygens (including phenoxy) is 1. The van der Waals surface area contributed by atoms with E-state index in [1.165, 1.54) is 0 Å². The van der Waals surface area contributed by atoms with Crippen LogP contribution in [0.4, 0.5) is 0 Å². The van der Waals surface area contributed by atoms with Gasteiger partial charge in [-0.1, -0.05) is 36.4 Å². The largest absolute Gasteiger partial charge is 0.497 e. The maximum Gasteiger partial charge on any atom is 0.313 e. The molecule has 132 valence electrons. The summed E-state index contributed by atoms with van der Waals surface area (Å²) in [6, 6.07) is 17.0. The minimum atomic E-state index is -0.944. The number of hydrogen-bond acceptors (Lipinski definition) is 4. The van der Waals surface area contributed by atoms with E-state index in [0.717, 1.165) is 17.0 Å². The molecule has 0 aliphatic carbocycles. The molecule has 6 nitrogen and oxygen atoms in total. The minimum Gasteiger partial charge on any atom is -0.497 e. The normalized spacial score (nSPS) is 12.2. The third-order valence-corrected chi connectivity index (χ3v) is 3.95. The molecule has 1 heterocycles. The number of carboxylic acids is 1. The lowest BCUT2D eigenvalue weighted by Crippen LogP contribution is -2.14. The Balaban J connectivity index is 1.95. The summed E-state index contributed by atoms with van der Waals surface area (Å²) < 4.78 is 6.72. The van der Waals surface area contributed by atoms with Crippen LogP contribution in [0.25, 0.3) is 17.8 Å². The maximum absolute atomic E-state index is 11.4. The predicted octanol–water partition coefficient (Wildman–Crippen LogP) is 3.63. The quantitative estimate of drug-likeness (QED) is 0.735. The van der Waals surface area contributed by atoms with Gasteiger partial charge in [0, 0.05) is 0 Å². The molecule has 0 saturated heterocycles. The van der Waals surface area contributed by atoms with Gasteiger partial charge in [0.05, 0.1) is 12.8 Å². The lowest BCUT2D eigenvalue weighted by molar-refractivity contribution is -0.138. The van der Waals surface area contributed by atoms with Gasteiger partial charge in [0.2, 0.25) is 0 Å². The van der Waals surface area contributed by atoms with Crippen molar-refractivity contribution in [3.63, 3.8) is 0 Å². The monoisotopic (exact) mass is 349 g/mol. The lowest BCUT2D eigenvalue weighted by atomic mass is 10.1. The van der Waals surface area contributed by atoms with Crippen molar-refractivity contribution in [3.05, 3.63) is 71.8 Å². The Morgan fingerprint density at radius 2 is 1.81 bits per heavy atom. The van der Waals surface area contributed by atoms with Gasteiger partial charge in [-0.25, -0.2) is 9.67 Å². The summed E-state index contributed by atoms with van der Waals surface area (Å²) >= 11 is 0. The zero-order chi connectivity index (χ0) is 18.5. The van der Waals surface area contributed by atoms with Crippen LogP contribution in [0.15, 0.2) is 54.6 Å². The summed E-state index contributed by atoms with van der Waals surface area (Å²) in [5.74, 6) is -0.0943. The van der Waals surface area contributed by atoms with Crippen LogP contribution in [0.3, 0.4) is 0 Å². The van der Waals surface area contributed by atoms with Crippen molar-refractivity contribution in [2.75, 3.05) is 7.11 Å². The molecule has 0 aliphatic rings. The Bertz CT molecular complexity index is 915. The van der Waals surface area contributed by atoms with E-state index in [2.05, 4.69) is 10.1 Å². The van der Waals surface area contributed by atoms with Crippen LogP contribution in [0.2, 0.25) is 0 Å². The average Bonchev–Trinajstić information content (AvgIpc) is 3.11. The van der Waals surface area contributed by atoms with E-state index in [9.17, 15) is 9.90 Å². The number of benzene rings is 2. The number of hydrogen-bond donors (Lipinski definition) is 1. The first-order chi connectivity index (χ1) is 12.6. The molecule has 0 bridgehead atoms. The first-order valence-corrected chi connectivity index (χ1v) is 8.16. The van der Waals surface area contributed by atoms with Gasteiger partial charge in [0.25, 0.3) is 0 Å². The summed E-state index contributed by atoms with van der Waals surface area (Å²) in [5.41, 5.74) is 1.74. The minimum absolute atomic E-state index is 0.387. The summed E-state index contributed by atoms with van der Waals surface area (Å²) in [5, 5.41) is 13.8. The van der Waals surface area contributed by atoms with Crippen molar-refractivity contribution in [2.45, 2.75) is 12.8 Å². The van der Waals surface area contributed by atoms with Crippen molar-refractivity contribution in [1.29, 1.82) is 0 Å². The van der Waals surface area contributed by atoms with Crippen molar-refractivity contribution in [2.24, 2.45) is 0 Å². The van der Waals surface area contributed by atoms with E-state index in [1.54, 1.807) is 24.8 Å². The van der Waals surface area contributed by atoms with Crippen molar-refractivity contribution < 1.29 is 14.6 Å². The molecule has 1 aromatic heterocycles. The first-order valence-electron chi connectivity index (χ1n) is 8.16. The van der Waals surface area contributed by atoms with Crippen molar-refractivity contribution in [1.82, 2.24) is 14.8 Å². The molecule has 0 spiro atoms. The second-order valence-electron chi connectivity index (χ2n) is 5.74. The zero-order valence-corrected chi connectivity index (χ0v) is 14.5. The lowest BCUT2D eigenvalue weighted by Gasteiger charge is -2.08. The number of aromatic nitrogens is 3. The van der Waals surface area contributed by atoms with E-state index in [4.69, 9.17) is 4.74 Å². The third kappa shape index (κ3) is 3.80. The average molecular weight is 349 g/mol. The molecule has 26 heavy (non-hydrogen) atoms. The van der Waals surface area contributed by atoms with Crippen LogP contribution in [-0.2, 0) is 4.79 Å². The molecule has 0 amide bonds. The van der Waals surface area contributed by atoms with Gasteiger partial charge < -0.3 is 9.84 Å². The number of nitrogens with zero attached hydrogens (tertiary/aromatic N) is 3. The van der Waals surface area contributed by atoms with Crippen LogP contribution < -0.4 is 4.74 Å². The number of carboxylic acid groups (broad SMARTS) is 1. The highest BCUT2D eigenvalue weighted by molar-refractivity contribution is 5.75. The highest BCUT2D eigenvalue weighted by Crippen LogP contribution is 2.19. The fourth-order valence-corrected chi connectivity index (χ4v) is 2.45. The molecule has 2 aromatic carbocycles. The number of carbonyl (C=O) groups is 1. The van der Waals surface area contributed by atoms with E-state index >= 15 is 0 Å². The SMILES string of the molecule is COc1ccc(C=Cc2nc(C(C)C(=O)O)n(-c3ccccc3)n2)cc1. The van der Waals surface area contributed by atoms with E-state index in [-0.39, 0.29) is 0 Å². The Hall–Kier alpha value is -3.41. The molecule has 0 saturated carbocycles.